The average molecular weight is 356 g/mol. The Morgan fingerprint density at radius 3 is 2.62 bits per heavy atom. The van der Waals surface area contributed by atoms with Gasteiger partial charge in [-0.3, -0.25) is 14.4 Å². The molecule has 0 aliphatic heterocycles. The number of aliphatic hydroxyl groups excluding tert-OH is 1. The van der Waals surface area contributed by atoms with Crippen molar-refractivity contribution >= 4 is 17.6 Å². The van der Waals surface area contributed by atoms with E-state index in [0.29, 0.717) is 49.3 Å². The van der Waals surface area contributed by atoms with Crippen molar-refractivity contribution in [1.82, 2.24) is 10.6 Å². The van der Waals surface area contributed by atoms with E-state index >= 15 is 0 Å². The first-order chi connectivity index (χ1) is 12.5. The number of amides is 2. The van der Waals surface area contributed by atoms with Gasteiger partial charge >= 0.3 is 0 Å². The topological polar surface area (TPSA) is 95.5 Å². The summed E-state index contributed by atoms with van der Waals surface area (Å²) >= 11 is 0. The summed E-state index contributed by atoms with van der Waals surface area (Å²) in [7, 11) is 0. The molecule has 6 nitrogen and oxygen atoms in total. The number of carbonyl (C=O) groups excluding carboxylic acids is 3. The number of fused-ring (bicyclic) bond motifs is 1. The Balaban J connectivity index is 1.44. The number of rotatable bonds is 4. The molecular formula is C20H24N2O4. The fourth-order valence-electron chi connectivity index (χ4n) is 4.04. The molecule has 0 heterocycles. The minimum absolute atomic E-state index is 0.0323. The lowest BCUT2D eigenvalue weighted by atomic mass is 9.83. The van der Waals surface area contributed by atoms with Gasteiger partial charge in [-0.2, -0.15) is 0 Å². The molecular weight excluding hydrogens is 332 g/mol. The summed E-state index contributed by atoms with van der Waals surface area (Å²) in [5.41, 5.74) is 1.93. The van der Waals surface area contributed by atoms with Gasteiger partial charge in [-0.25, -0.2) is 0 Å². The molecule has 0 saturated heterocycles. The standard InChI is InChI=1S/C20H24N2O4/c23-17-9-7-13-14(17)2-1-3-15(13)20(26)22-16-10-11(4-8-18(16)24)19(25)21-12-5-6-12/h1-3,11-12,16,18,24H,4-10H2,(H,21,25)(H,22,26)/t11-,16+,18+/m0/s1. The van der Waals surface area contributed by atoms with Gasteiger partial charge in [-0.15, -0.1) is 0 Å². The van der Waals surface area contributed by atoms with Crippen molar-refractivity contribution in [1.29, 1.82) is 0 Å². The zero-order chi connectivity index (χ0) is 18.3. The lowest BCUT2D eigenvalue weighted by Gasteiger charge is -2.33. The number of ketones is 1. The van der Waals surface area contributed by atoms with Crippen molar-refractivity contribution in [3.05, 3.63) is 34.9 Å². The number of hydrogen-bond donors (Lipinski definition) is 3. The molecule has 2 amide bonds. The van der Waals surface area contributed by atoms with Crippen molar-refractivity contribution < 1.29 is 19.5 Å². The van der Waals surface area contributed by atoms with Crippen LogP contribution in [0.3, 0.4) is 0 Å². The van der Waals surface area contributed by atoms with E-state index in [2.05, 4.69) is 10.6 Å². The highest BCUT2D eigenvalue weighted by Gasteiger charge is 2.36. The number of aliphatic hydroxyl groups is 1. The molecule has 138 valence electrons. The Morgan fingerprint density at radius 1 is 1.04 bits per heavy atom. The molecule has 0 aromatic heterocycles. The monoisotopic (exact) mass is 356 g/mol. The maximum absolute atomic E-state index is 12.8. The van der Waals surface area contributed by atoms with Crippen LogP contribution in [0.4, 0.5) is 0 Å². The van der Waals surface area contributed by atoms with Crippen LogP contribution in [0, 0.1) is 5.92 Å². The van der Waals surface area contributed by atoms with E-state index in [0.717, 1.165) is 18.4 Å². The van der Waals surface area contributed by atoms with E-state index < -0.39 is 12.1 Å². The fraction of sp³-hybridized carbons (Fsp3) is 0.550. The highest BCUT2D eigenvalue weighted by Crippen LogP contribution is 2.29. The molecule has 0 radical (unpaired) electrons. The summed E-state index contributed by atoms with van der Waals surface area (Å²) in [6.45, 7) is 0. The van der Waals surface area contributed by atoms with Crippen LogP contribution < -0.4 is 10.6 Å². The van der Waals surface area contributed by atoms with Gasteiger partial charge in [-0.1, -0.05) is 12.1 Å². The normalized spacial score (nSPS) is 27.7. The first-order valence-corrected chi connectivity index (χ1v) is 9.47. The Labute approximate surface area is 152 Å². The quantitative estimate of drug-likeness (QED) is 0.759. The SMILES string of the molecule is O=C1CCc2c1cccc2C(=O)N[C@@H]1C[C@@H](C(=O)NC2CC2)CC[C@H]1O. The fourth-order valence-corrected chi connectivity index (χ4v) is 4.04. The van der Waals surface area contributed by atoms with Crippen LogP contribution in [0.5, 0.6) is 0 Å². The zero-order valence-electron chi connectivity index (χ0n) is 14.7. The van der Waals surface area contributed by atoms with Crippen molar-refractivity contribution in [3.63, 3.8) is 0 Å². The minimum atomic E-state index is -0.651. The van der Waals surface area contributed by atoms with Gasteiger partial charge < -0.3 is 15.7 Å². The van der Waals surface area contributed by atoms with Crippen LogP contribution in [-0.4, -0.2) is 40.9 Å². The molecule has 3 atom stereocenters. The van der Waals surface area contributed by atoms with Gasteiger partial charge in [-0.05, 0) is 50.2 Å². The smallest absolute Gasteiger partial charge is 0.251 e. The maximum atomic E-state index is 12.8. The van der Waals surface area contributed by atoms with Crippen LogP contribution in [0.15, 0.2) is 18.2 Å². The summed E-state index contributed by atoms with van der Waals surface area (Å²) in [6, 6.07) is 5.07. The Kier molecular flexibility index (Phi) is 4.53. The van der Waals surface area contributed by atoms with Crippen LogP contribution in [0.2, 0.25) is 0 Å². The number of carbonyl (C=O) groups is 3. The lowest BCUT2D eigenvalue weighted by Crippen LogP contribution is -2.49. The Morgan fingerprint density at radius 2 is 1.85 bits per heavy atom. The molecule has 0 bridgehead atoms. The Bertz CT molecular complexity index is 756. The van der Waals surface area contributed by atoms with E-state index in [1.807, 2.05) is 0 Å². The molecule has 0 spiro atoms. The highest BCUT2D eigenvalue weighted by atomic mass is 16.3. The second-order valence-corrected chi connectivity index (χ2v) is 7.70. The molecule has 6 heteroatoms. The van der Waals surface area contributed by atoms with Gasteiger partial charge in [0.2, 0.25) is 5.91 Å². The zero-order valence-corrected chi connectivity index (χ0v) is 14.7. The molecule has 2 fully saturated rings. The average Bonchev–Trinajstić information content (AvgIpc) is 3.37. The van der Waals surface area contributed by atoms with Crippen molar-refractivity contribution in [2.75, 3.05) is 0 Å². The highest BCUT2D eigenvalue weighted by molar-refractivity contribution is 6.05. The third-order valence-electron chi connectivity index (χ3n) is 5.75. The molecule has 3 aliphatic carbocycles. The summed E-state index contributed by atoms with van der Waals surface area (Å²) in [6.07, 6.45) is 4.03. The first-order valence-electron chi connectivity index (χ1n) is 9.47. The van der Waals surface area contributed by atoms with Crippen LogP contribution in [0.1, 0.15) is 64.8 Å². The summed E-state index contributed by atoms with van der Waals surface area (Å²) in [5.74, 6) is -0.342. The molecule has 1 aromatic rings. The van der Waals surface area contributed by atoms with Crippen LogP contribution >= 0.6 is 0 Å². The minimum Gasteiger partial charge on any atom is -0.391 e. The largest absolute Gasteiger partial charge is 0.391 e. The summed E-state index contributed by atoms with van der Waals surface area (Å²) < 4.78 is 0. The van der Waals surface area contributed by atoms with Gasteiger partial charge in [0.1, 0.15) is 0 Å². The lowest BCUT2D eigenvalue weighted by molar-refractivity contribution is -0.127. The number of hydrogen-bond acceptors (Lipinski definition) is 4. The van der Waals surface area contributed by atoms with E-state index in [4.69, 9.17) is 0 Å². The molecule has 1 aromatic carbocycles. The van der Waals surface area contributed by atoms with Crippen molar-refractivity contribution in [2.45, 2.75) is 63.1 Å². The number of benzene rings is 1. The number of Topliss-reactive ketones (excluding diaryl/α,β-unsaturated/α-hetero) is 1. The maximum Gasteiger partial charge on any atom is 0.251 e. The van der Waals surface area contributed by atoms with Gasteiger partial charge in [0, 0.05) is 29.5 Å². The summed E-state index contributed by atoms with van der Waals surface area (Å²) in [5, 5.41) is 16.2. The van der Waals surface area contributed by atoms with Gasteiger partial charge in [0.25, 0.3) is 5.91 Å². The predicted molar refractivity (Wildman–Crippen MR) is 94.9 cm³/mol. The Hall–Kier alpha value is -2.21. The predicted octanol–water partition coefficient (Wildman–Crippen LogP) is 1.35. The second kappa shape index (κ2) is 6.83. The number of nitrogens with one attached hydrogen (secondary N) is 2. The molecule has 3 aliphatic rings. The third kappa shape index (κ3) is 3.38. The van der Waals surface area contributed by atoms with Crippen molar-refractivity contribution in [2.24, 2.45) is 5.92 Å². The van der Waals surface area contributed by atoms with E-state index in [1.54, 1.807) is 18.2 Å². The second-order valence-electron chi connectivity index (χ2n) is 7.70. The van der Waals surface area contributed by atoms with Crippen LogP contribution in [0.25, 0.3) is 0 Å². The molecule has 3 N–H and O–H groups in total. The summed E-state index contributed by atoms with van der Waals surface area (Å²) in [4.78, 5) is 36.9. The van der Waals surface area contributed by atoms with E-state index in [1.165, 1.54) is 0 Å². The van der Waals surface area contributed by atoms with Crippen molar-refractivity contribution in [3.8, 4) is 0 Å². The first kappa shape index (κ1) is 17.2. The van der Waals surface area contributed by atoms with Gasteiger partial charge in [0.05, 0.1) is 12.1 Å². The molecule has 2 saturated carbocycles. The molecule has 4 rings (SSSR count). The van der Waals surface area contributed by atoms with Crippen LogP contribution in [-0.2, 0) is 11.2 Å². The third-order valence-corrected chi connectivity index (χ3v) is 5.75. The van der Waals surface area contributed by atoms with Gasteiger partial charge in [0.15, 0.2) is 5.78 Å². The molecule has 0 unspecified atom stereocenters. The molecule has 26 heavy (non-hydrogen) atoms. The van der Waals surface area contributed by atoms with E-state index in [9.17, 15) is 19.5 Å². The van der Waals surface area contributed by atoms with E-state index in [-0.39, 0.29) is 23.5 Å².